The SMILES string of the molecule is CC1c2c(ncnc2Oc2ccc3c(ccn3C(=O)Nc3cccc(C(F)(F)F)c3)c2)CN1C(=O)O. The van der Waals surface area contributed by atoms with Crippen molar-refractivity contribution < 1.29 is 32.6 Å². The third-order valence-electron chi connectivity index (χ3n) is 5.92. The van der Waals surface area contributed by atoms with Gasteiger partial charge in [0, 0.05) is 17.3 Å². The lowest BCUT2D eigenvalue weighted by atomic mass is 10.1. The summed E-state index contributed by atoms with van der Waals surface area (Å²) in [5.41, 5.74) is 0.798. The number of hydrogen-bond donors (Lipinski definition) is 2. The van der Waals surface area contributed by atoms with Crippen molar-refractivity contribution in [3.05, 3.63) is 77.9 Å². The molecule has 0 spiro atoms. The lowest BCUT2D eigenvalue weighted by molar-refractivity contribution is -0.137. The van der Waals surface area contributed by atoms with Gasteiger partial charge in [-0.2, -0.15) is 13.2 Å². The summed E-state index contributed by atoms with van der Waals surface area (Å²) in [4.78, 5) is 33.8. The van der Waals surface area contributed by atoms with Crippen LogP contribution >= 0.6 is 0 Å². The summed E-state index contributed by atoms with van der Waals surface area (Å²) in [6, 6.07) is 9.83. The minimum atomic E-state index is -4.52. The topological polar surface area (TPSA) is 110 Å². The van der Waals surface area contributed by atoms with Gasteiger partial charge in [0.2, 0.25) is 5.88 Å². The number of anilines is 1. The summed E-state index contributed by atoms with van der Waals surface area (Å²) in [7, 11) is 0. The van der Waals surface area contributed by atoms with E-state index in [1.54, 1.807) is 31.2 Å². The Balaban J connectivity index is 1.38. The number of fused-ring (bicyclic) bond motifs is 2. The van der Waals surface area contributed by atoms with Crippen LogP contribution < -0.4 is 10.1 Å². The minimum Gasteiger partial charge on any atom is -0.465 e. The van der Waals surface area contributed by atoms with Crippen molar-refractivity contribution in [2.75, 3.05) is 5.32 Å². The molecular formula is C24H18F3N5O4. The molecule has 1 aliphatic heterocycles. The van der Waals surface area contributed by atoms with Crippen LogP contribution in [0.15, 0.2) is 61.1 Å². The van der Waals surface area contributed by atoms with Crippen molar-refractivity contribution in [2.24, 2.45) is 0 Å². The second kappa shape index (κ2) is 8.56. The highest BCUT2D eigenvalue weighted by molar-refractivity contribution is 5.98. The first-order valence-electron chi connectivity index (χ1n) is 10.7. The van der Waals surface area contributed by atoms with Crippen molar-refractivity contribution in [3.63, 3.8) is 0 Å². The first kappa shape index (κ1) is 23.1. The highest BCUT2D eigenvalue weighted by Gasteiger charge is 2.35. The van der Waals surface area contributed by atoms with Gasteiger partial charge in [-0.3, -0.25) is 9.47 Å². The van der Waals surface area contributed by atoms with E-state index in [-0.39, 0.29) is 18.1 Å². The summed E-state index contributed by atoms with van der Waals surface area (Å²) in [5, 5.41) is 12.5. The van der Waals surface area contributed by atoms with E-state index >= 15 is 0 Å². The molecule has 4 aromatic rings. The molecular weight excluding hydrogens is 479 g/mol. The number of carbonyl (C=O) groups is 2. The van der Waals surface area contributed by atoms with Gasteiger partial charge in [0.15, 0.2) is 0 Å². The summed E-state index contributed by atoms with van der Waals surface area (Å²) < 4.78 is 46.1. The standard InChI is InChI=1S/C24H18F3N5O4/c1-13-20-18(11-32(13)23(34)35)28-12-29-21(20)36-17-5-6-19-14(9-17)7-8-31(19)22(33)30-16-4-2-3-15(10-16)24(25,26)27/h2-10,12-13H,11H2,1H3,(H,30,33)(H,34,35). The molecule has 0 radical (unpaired) electrons. The normalized spacial score (nSPS) is 15.1. The van der Waals surface area contributed by atoms with E-state index in [2.05, 4.69) is 15.3 Å². The number of alkyl halides is 3. The van der Waals surface area contributed by atoms with E-state index in [9.17, 15) is 27.9 Å². The Hall–Kier alpha value is -4.61. The minimum absolute atomic E-state index is 0.0127. The third-order valence-corrected chi connectivity index (χ3v) is 5.92. The lowest BCUT2D eigenvalue weighted by Gasteiger charge is -2.18. The Bertz CT molecular complexity index is 1500. The van der Waals surface area contributed by atoms with Crippen molar-refractivity contribution in [1.82, 2.24) is 19.4 Å². The number of amides is 2. The van der Waals surface area contributed by atoms with Crippen LogP contribution in [0.25, 0.3) is 10.9 Å². The maximum Gasteiger partial charge on any atom is 0.416 e. The van der Waals surface area contributed by atoms with Crippen molar-refractivity contribution in [2.45, 2.75) is 25.7 Å². The van der Waals surface area contributed by atoms with E-state index in [1.807, 2.05) is 0 Å². The number of hydrogen-bond acceptors (Lipinski definition) is 5. The Morgan fingerprint density at radius 1 is 1.14 bits per heavy atom. The maximum atomic E-state index is 13.0. The van der Waals surface area contributed by atoms with Crippen LogP contribution in [0.4, 0.5) is 28.4 Å². The van der Waals surface area contributed by atoms with Gasteiger partial charge in [-0.25, -0.2) is 19.6 Å². The molecule has 2 aromatic heterocycles. The van der Waals surface area contributed by atoms with Gasteiger partial charge in [0.1, 0.15) is 12.1 Å². The fourth-order valence-corrected chi connectivity index (χ4v) is 4.16. The number of nitrogens with zero attached hydrogens (tertiary/aromatic N) is 4. The Morgan fingerprint density at radius 3 is 2.69 bits per heavy atom. The van der Waals surface area contributed by atoms with E-state index in [1.165, 1.54) is 34.1 Å². The Labute approximate surface area is 201 Å². The molecule has 2 aromatic carbocycles. The third kappa shape index (κ3) is 4.17. The van der Waals surface area contributed by atoms with Gasteiger partial charge in [-0.05, 0) is 49.4 Å². The van der Waals surface area contributed by atoms with E-state index in [0.717, 1.165) is 12.1 Å². The van der Waals surface area contributed by atoms with Crippen molar-refractivity contribution in [3.8, 4) is 11.6 Å². The number of rotatable bonds is 3. The first-order valence-corrected chi connectivity index (χ1v) is 10.7. The summed E-state index contributed by atoms with van der Waals surface area (Å²) in [6.07, 6.45) is -2.80. The van der Waals surface area contributed by atoms with Gasteiger partial charge in [-0.15, -0.1) is 0 Å². The van der Waals surface area contributed by atoms with Gasteiger partial charge < -0.3 is 15.2 Å². The molecule has 1 atom stereocenters. The summed E-state index contributed by atoms with van der Waals surface area (Å²) >= 11 is 0. The zero-order chi connectivity index (χ0) is 25.6. The van der Waals surface area contributed by atoms with Crippen LogP contribution in [-0.2, 0) is 12.7 Å². The highest BCUT2D eigenvalue weighted by Crippen LogP contribution is 2.39. The monoisotopic (exact) mass is 497 g/mol. The summed E-state index contributed by atoms with van der Waals surface area (Å²) in [5.74, 6) is 0.637. The number of halogens is 3. The van der Waals surface area contributed by atoms with Crippen LogP contribution in [0.5, 0.6) is 11.6 Å². The number of nitrogens with one attached hydrogen (secondary N) is 1. The lowest BCUT2D eigenvalue weighted by Crippen LogP contribution is -2.26. The average Bonchev–Trinajstić information content (AvgIpc) is 3.40. The van der Waals surface area contributed by atoms with Crippen LogP contribution in [-0.4, -0.2) is 36.7 Å². The van der Waals surface area contributed by atoms with Crippen molar-refractivity contribution in [1.29, 1.82) is 0 Å². The predicted octanol–water partition coefficient (Wildman–Crippen LogP) is 5.88. The molecule has 9 nitrogen and oxygen atoms in total. The molecule has 3 heterocycles. The number of benzene rings is 2. The maximum absolute atomic E-state index is 13.0. The molecule has 0 saturated heterocycles. The molecule has 36 heavy (non-hydrogen) atoms. The molecule has 12 heteroatoms. The van der Waals surface area contributed by atoms with E-state index < -0.39 is 29.9 Å². The predicted molar refractivity (Wildman–Crippen MR) is 122 cm³/mol. The number of carbonyl (C=O) groups excluding carboxylic acids is 1. The van der Waals surface area contributed by atoms with Crippen LogP contribution in [0.3, 0.4) is 0 Å². The molecule has 1 unspecified atom stereocenters. The molecule has 0 fully saturated rings. The number of carboxylic acid groups (broad SMARTS) is 1. The zero-order valence-electron chi connectivity index (χ0n) is 18.7. The van der Waals surface area contributed by atoms with E-state index in [0.29, 0.717) is 27.9 Å². The molecule has 1 aliphatic rings. The second-order valence-corrected chi connectivity index (χ2v) is 8.14. The average molecular weight is 497 g/mol. The fraction of sp³-hybridized carbons (Fsp3) is 0.167. The smallest absolute Gasteiger partial charge is 0.416 e. The summed E-state index contributed by atoms with van der Waals surface area (Å²) in [6.45, 7) is 1.86. The second-order valence-electron chi connectivity index (χ2n) is 8.14. The number of aromatic nitrogens is 3. The molecule has 184 valence electrons. The molecule has 0 saturated carbocycles. The van der Waals surface area contributed by atoms with Crippen LogP contribution in [0.1, 0.15) is 29.8 Å². The molecule has 0 bridgehead atoms. The molecule has 2 N–H and O–H groups in total. The van der Waals surface area contributed by atoms with Crippen LogP contribution in [0, 0.1) is 0 Å². The van der Waals surface area contributed by atoms with E-state index in [4.69, 9.17) is 4.74 Å². The van der Waals surface area contributed by atoms with Crippen LogP contribution in [0.2, 0.25) is 0 Å². The largest absolute Gasteiger partial charge is 0.465 e. The first-order chi connectivity index (χ1) is 17.1. The molecule has 5 rings (SSSR count). The van der Waals surface area contributed by atoms with Gasteiger partial charge in [-0.1, -0.05) is 6.07 Å². The van der Waals surface area contributed by atoms with Crippen molar-refractivity contribution >= 4 is 28.7 Å². The highest BCUT2D eigenvalue weighted by atomic mass is 19.4. The van der Waals surface area contributed by atoms with Gasteiger partial charge >= 0.3 is 18.3 Å². The molecule has 0 aliphatic carbocycles. The number of ether oxygens (including phenoxy) is 1. The van der Waals surface area contributed by atoms with Gasteiger partial charge in [0.25, 0.3) is 0 Å². The zero-order valence-corrected chi connectivity index (χ0v) is 18.7. The Kier molecular flexibility index (Phi) is 5.50. The molecule has 2 amide bonds. The fourth-order valence-electron chi connectivity index (χ4n) is 4.16. The Morgan fingerprint density at radius 2 is 1.94 bits per heavy atom. The quantitative estimate of drug-likeness (QED) is 0.366. The van der Waals surface area contributed by atoms with Gasteiger partial charge in [0.05, 0.1) is 34.9 Å².